The van der Waals surface area contributed by atoms with Crippen LogP contribution in [0.1, 0.15) is 5.69 Å². The molecule has 1 aromatic carbocycles. The number of hydrogen-bond acceptors (Lipinski definition) is 4. The molecule has 1 amide bonds. The molecular weight excluding hydrogens is 364 g/mol. The molecule has 7 heteroatoms. The van der Waals surface area contributed by atoms with E-state index in [0.29, 0.717) is 23.9 Å². The van der Waals surface area contributed by atoms with Gasteiger partial charge in [0.05, 0.1) is 11.9 Å². The van der Waals surface area contributed by atoms with E-state index >= 15 is 0 Å². The maximum atomic E-state index is 12.4. The zero-order valence-electron chi connectivity index (χ0n) is 14.9. The Labute approximate surface area is 162 Å². The molecule has 0 atom stereocenters. The summed E-state index contributed by atoms with van der Waals surface area (Å²) in [4.78, 5) is 21.0. The predicted molar refractivity (Wildman–Crippen MR) is 104 cm³/mol. The van der Waals surface area contributed by atoms with Gasteiger partial charge in [-0.3, -0.25) is 9.69 Å². The number of rotatable bonds is 5. The van der Waals surface area contributed by atoms with Gasteiger partial charge >= 0.3 is 0 Å². The second kappa shape index (κ2) is 7.98. The molecule has 3 aromatic rings. The molecule has 0 unspecified atom stereocenters. The molecule has 6 nitrogen and oxygen atoms in total. The molecule has 2 aromatic heterocycles. The number of nitrogens with zero attached hydrogens (tertiary/aromatic N) is 4. The average Bonchev–Trinajstić information content (AvgIpc) is 3.11. The third kappa shape index (κ3) is 4.23. The third-order valence-corrected chi connectivity index (χ3v) is 5.03. The minimum absolute atomic E-state index is 0.0133. The number of ether oxygens (including phenoxy) is 1. The van der Waals surface area contributed by atoms with E-state index in [4.69, 9.17) is 16.3 Å². The number of pyridine rings is 1. The zero-order chi connectivity index (χ0) is 18.6. The number of imidazole rings is 1. The van der Waals surface area contributed by atoms with Gasteiger partial charge in [-0.25, -0.2) is 4.98 Å². The average molecular weight is 385 g/mol. The van der Waals surface area contributed by atoms with Gasteiger partial charge in [-0.15, -0.1) is 0 Å². The van der Waals surface area contributed by atoms with E-state index in [-0.39, 0.29) is 12.5 Å². The predicted octanol–water partition coefficient (Wildman–Crippen LogP) is 2.71. The molecule has 3 heterocycles. The lowest BCUT2D eigenvalue weighted by Crippen LogP contribution is -2.49. The van der Waals surface area contributed by atoms with Crippen LogP contribution in [0.2, 0.25) is 5.02 Å². The molecule has 4 rings (SSSR count). The lowest BCUT2D eigenvalue weighted by molar-refractivity contribution is -0.135. The first kappa shape index (κ1) is 17.8. The van der Waals surface area contributed by atoms with Crippen LogP contribution < -0.4 is 4.74 Å². The summed E-state index contributed by atoms with van der Waals surface area (Å²) >= 11 is 5.85. The quantitative estimate of drug-likeness (QED) is 0.678. The number of amides is 1. The van der Waals surface area contributed by atoms with E-state index in [0.717, 1.165) is 31.0 Å². The van der Waals surface area contributed by atoms with Crippen molar-refractivity contribution in [2.24, 2.45) is 0 Å². The summed E-state index contributed by atoms with van der Waals surface area (Å²) in [6.45, 7) is 3.97. The first-order valence-electron chi connectivity index (χ1n) is 8.98. The van der Waals surface area contributed by atoms with Crippen LogP contribution in [0.4, 0.5) is 0 Å². The Kier molecular flexibility index (Phi) is 5.27. The van der Waals surface area contributed by atoms with Crippen molar-refractivity contribution in [1.82, 2.24) is 19.2 Å². The smallest absolute Gasteiger partial charge is 0.260 e. The number of fused-ring (bicyclic) bond motifs is 1. The second-order valence-electron chi connectivity index (χ2n) is 6.58. The fourth-order valence-electron chi connectivity index (χ4n) is 3.25. The van der Waals surface area contributed by atoms with Crippen molar-refractivity contribution >= 4 is 23.2 Å². The topological polar surface area (TPSA) is 50.1 Å². The molecule has 1 fully saturated rings. The highest BCUT2D eigenvalue weighted by Crippen LogP contribution is 2.16. The highest BCUT2D eigenvalue weighted by Gasteiger charge is 2.22. The monoisotopic (exact) mass is 384 g/mol. The first-order chi connectivity index (χ1) is 13.2. The standard InChI is InChI=1S/C20H21ClN4O2/c21-16-4-6-18(7-5-16)27-15-20(26)24-11-9-23(10-12-24)14-17-13-22-19-3-1-2-8-25(17)19/h1-8,13H,9-12,14-15H2. The highest BCUT2D eigenvalue weighted by molar-refractivity contribution is 6.30. The van der Waals surface area contributed by atoms with Crippen LogP contribution in [0, 0.1) is 0 Å². The molecule has 0 radical (unpaired) electrons. The van der Waals surface area contributed by atoms with Crippen molar-refractivity contribution in [2.45, 2.75) is 6.54 Å². The van der Waals surface area contributed by atoms with Gasteiger partial charge in [0.1, 0.15) is 11.4 Å². The van der Waals surface area contributed by atoms with Crippen molar-refractivity contribution in [3.8, 4) is 5.75 Å². The van der Waals surface area contributed by atoms with E-state index in [9.17, 15) is 4.79 Å². The number of carbonyl (C=O) groups is 1. The Hall–Kier alpha value is -2.57. The molecule has 0 aliphatic carbocycles. The SMILES string of the molecule is O=C(COc1ccc(Cl)cc1)N1CCN(Cc2cnc3ccccn23)CC1. The van der Waals surface area contributed by atoms with Gasteiger partial charge in [-0.2, -0.15) is 0 Å². The molecule has 0 N–H and O–H groups in total. The van der Waals surface area contributed by atoms with Gasteiger partial charge in [-0.1, -0.05) is 17.7 Å². The number of piperazine rings is 1. The summed E-state index contributed by atoms with van der Waals surface area (Å²) in [5.41, 5.74) is 2.12. The number of halogens is 1. The van der Waals surface area contributed by atoms with Gasteiger partial charge < -0.3 is 14.0 Å². The minimum atomic E-state index is 0.0133. The largest absolute Gasteiger partial charge is 0.484 e. The van der Waals surface area contributed by atoms with Gasteiger partial charge in [0.25, 0.3) is 5.91 Å². The van der Waals surface area contributed by atoms with E-state index in [1.54, 1.807) is 24.3 Å². The highest BCUT2D eigenvalue weighted by atomic mass is 35.5. The Bertz CT molecular complexity index is 917. The number of hydrogen-bond donors (Lipinski definition) is 0. The Morgan fingerprint density at radius 1 is 1.07 bits per heavy atom. The second-order valence-corrected chi connectivity index (χ2v) is 7.01. The van der Waals surface area contributed by atoms with Crippen molar-refractivity contribution in [3.05, 3.63) is 65.6 Å². The number of carbonyl (C=O) groups excluding carboxylic acids is 1. The summed E-state index contributed by atoms with van der Waals surface area (Å²) in [5, 5.41) is 0.649. The van der Waals surface area contributed by atoms with Crippen molar-refractivity contribution in [1.29, 1.82) is 0 Å². The summed E-state index contributed by atoms with van der Waals surface area (Å²) in [6.07, 6.45) is 3.96. The number of benzene rings is 1. The van der Waals surface area contributed by atoms with Crippen LogP contribution in [0.5, 0.6) is 5.75 Å². The molecular formula is C20H21ClN4O2. The molecule has 1 aliphatic heterocycles. The summed E-state index contributed by atoms with van der Waals surface area (Å²) in [5.74, 6) is 0.665. The molecule has 140 valence electrons. The summed E-state index contributed by atoms with van der Waals surface area (Å²) in [6, 6.07) is 13.0. The van der Waals surface area contributed by atoms with E-state index in [2.05, 4.69) is 14.3 Å². The van der Waals surface area contributed by atoms with Crippen LogP contribution in [0.3, 0.4) is 0 Å². The Morgan fingerprint density at radius 2 is 1.85 bits per heavy atom. The minimum Gasteiger partial charge on any atom is -0.484 e. The van der Waals surface area contributed by atoms with Crippen molar-refractivity contribution in [3.63, 3.8) is 0 Å². The lowest BCUT2D eigenvalue weighted by Gasteiger charge is -2.34. The molecule has 0 spiro atoms. The lowest BCUT2D eigenvalue weighted by atomic mass is 10.3. The molecule has 1 aliphatic rings. The normalized spacial score (nSPS) is 15.2. The maximum Gasteiger partial charge on any atom is 0.260 e. The van der Waals surface area contributed by atoms with Crippen LogP contribution >= 0.6 is 11.6 Å². The molecule has 0 bridgehead atoms. The zero-order valence-corrected chi connectivity index (χ0v) is 15.7. The summed E-state index contributed by atoms with van der Waals surface area (Å²) in [7, 11) is 0. The fourth-order valence-corrected chi connectivity index (χ4v) is 3.38. The van der Waals surface area contributed by atoms with Crippen LogP contribution in [-0.4, -0.2) is 57.9 Å². The third-order valence-electron chi connectivity index (χ3n) is 4.78. The molecule has 27 heavy (non-hydrogen) atoms. The van der Waals surface area contributed by atoms with E-state index in [1.807, 2.05) is 35.5 Å². The van der Waals surface area contributed by atoms with Gasteiger partial charge in [-0.05, 0) is 36.4 Å². The number of aromatic nitrogens is 2. The van der Waals surface area contributed by atoms with Gasteiger partial charge in [0.2, 0.25) is 0 Å². The van der Waals surface area contributed by atoms with Crippen LogP contribution in [-0.2, 0) is 11.3 Å². The van der Waals surface area contributed by atoms with Crippen LogP contribution in [0.25, 0.3) is 5.65 Å². The maximum absolute atomic E-state index is 12.4. The van der Waals surface area contributed by atoms with Crippen LogP contribution in [0.15, 0.2) is 54.9 Å². The first-order valence-corrected chi connectivity index (χ1v) is 9.36. The Balaban J connectivity index is 1.27. The van der Waals surface area contributed by atoms with Gasteiger partial charge in [0, 0.05) is 43.9 Å². The van der Waals surface area contributed by atoms with Gasteiger partial charge in [0.15, 0.2) is 6.61 Å². The summed E-state index contributed by atoms with van der Waals surface area (Å²) < 4.78 is 7.67. The fraction of sp³-hybridized carbons (Fsp3) is 0.300. The molecule has 1 saturated heterocycles. The molecule has 0 saturated carbocycles. The van der Waals surface area contributed by atoms with Crippen molar-refractivity contribution in [2.75, 3.05) is 32.8 Å². The van der Waals surface area contributed by atoms with Crippen molar-refractivity contribution < 1.29 is 9.53 Å². The van der Waals surface area contributed by atoms with E-state index < -0.39 is 0 Å². The Morgan fingerprint density at radius 3 is 2.63 bits per heavy atom. The van der Waals surface area contributed by atoms with E-state index in [1.165, 1.54) is 0 Å².